The van der Waals surface area contributed by atoms with Crippen LogP contribution in [0.1, 0.15) is 32.5 Å². The molecule has 1 N–H and O–H groups in total. The molecule has 0 radical (unpaired) electrons. The summed E-state index contributed by atoms with van der Waals surface area (Å²) in [5, 5.41) is 4.54. The van der Waals surface area contributed by atoms with Gasteiger partial charge in [0, 0.05) is 30.5 Å². The van der Waals surface area contributed by atoms with Crippen molar-refractivity contribution in [2.24, 2.45) is 5.92 Å². The third-order valence-electron chi connectivity index (χ3n) is 3.36. The Labute approximate surface area is 108 Å². The molecule has 5 heteroatoms. The van der Waals surface area contributed by atoms with Crippen LogP contribution in [0.2, 0.25) is 0 Å². The van der Waals surface area contributed by atoms with Crippen molar-refractivity contribution in [1.29, 1.82) is 0 Å². The van der Waals surface area contributed by atoms with Crippen LogP contribution in [0.15, 0.2) is 0 Å². The quantitative estimate of drug-likeness (QED) is 0.894. The summed E-state index contributed by atoms with van der Waals surface area (Å²) < 4.78 is 4.37. The van der Waals surface area contributed by atoms with Gasteiger partial charge in [0.2, 0.25) is 5.13 Å². The van der Waals surface area contributed by atoms with Gasteiger partial charge in [0.1, 0.15) is 5.82 Å². The van der Waals surface area contributed by atoms with Gasteiger partial charge >= 0.3 is 0 Å². The van der Waals surface area contributed by atoms with E-state index >= 15 is 0 Å². The van der Waals surface area contributed by atoms with E-state index in [1.807, 2.05) is 0 Å². The number of aryl methyl sites for hydroxylation is 1. The Bertz CT molecular complexity index is 352. The summed E-state index contributed by atoms with van der Waals surface area (Å²) in [5.74, 6) is 1.66. The van der Waals surface area contributed by atoms with Crippen LogP contribution in [0.25, 0.3) is 0 Å². The highest BCUT2D eigenvalue weighted by atomic mass is 32.1. The maximum absolute atomic E-state index is 4.53. The Morgan fingerprint density at radius 3 is 3.06 bits per heavy atom. The Kier molecular flexibility index (Phi) is 4.34. The van der Waals surface area contributed by atoms with Crippen molar-refractivity contribution in [2.75, 3.05) is 25.5 Å². The standard InChI is InChI=1S/C12H22N4S/c1-4-5-11-14-12(17-15-11)13-10-6-7-16(3)8-9(10)2/h9-10H,4-8H2,1-3H3,(H,13,14,15). The Morgan fingerprint density at radius 1 is 1.53 bits per heavy atom. The molecule has 2 rings (SSSR count). The number of hydrogen-bond donors (Lipinski definition) is 1. The zero-order valence-electron chi connectivity index (χ0n) is 10.9. The van der Waals surface area contributed by atoms with Gasteiger partial charge in [0.15, 0.2) is 0 Å². The highest BCUT2D eigenvalue weighted by molar-refractivity contribution is 7.09. The number of piperidine rings is 1. The molecule has 0 aromatic carbocycles. The minimum absolute atomic E-state index is 0.550. The average Bonchev–Trinajstić information content (AvgIpc) is 2.71. The average molecular weight is 254 g/mol. The lowest BCUT2D eigenvalue weighted by Crippen LogP contribution is -2.43. The first-order valence-electron chi connectivity index (χ1n) is 6.46. The van der Waals surface area contributed by atoms with Crippen molar-refractivity contribution in [3.63, 3.8) is 0 Å². The number of rotatable bonds is 4. The molecular weight excluding hydrogens is 232 g/mol. The fourth-order valence-corrected chi connectivity index (χ4v) is 3.04. The summed E-state index contributed by atoms with van der Waals surface area (Å²) in [7, 11) is 2.19. The van der Waals surface area contributed by atoms with Crippen molar-refractivity contribution in [1.82, 2.24) is 14.3 Å². The summed E-state index contributed by atoms with van der Waals surface area (Å²) in [6.07, 6.45) is 3.29. The van der Waals surface area contributed by atoms with Crippen molar-refractivity contribution in [3.8, 4) is 0 Å². The first-order valence-corrected chi connectivity index (χ1v) is 7.24. The molecule has 1 aliphatic rings. The Balaban J connectivity index is 1.91. The number of nitrogens with zero attached hydrogens (tertiary/aromatic N) is 3. The molecule has 4 nitrogen and oxygen atoms in total. The molecule has 1 saturated heterocycles. The molecule has 1 aliphatic heterocycles. The Morgan fingerprint density at radius 2 is 2.35 bits per heavy atom. The summed E-state index contributed by atoms with van der Waals surface area (Å²) in [6, 6.07) is 0.550. The van der Waals surface area contributed by atoms with E-state index in [9.17, 15) is 0 Å². The highest BCUT2D eigenvalue weighted by Gasteiger charge is 2.24. The monoisotopic (exact) mass is 254 g/mol. The summed E-state index contributed by atoms with van der Waals surface area (Å²) >= 11 is 1.50. The lowest BCUT2D eigenvalue weighted by Gasteiger charge is -2.34. The zero-order valence-corrected chi connectivity index (χ0v) is 11.8. The Hall–Kier alpha value is -0.680. The largest absolute Gasteiger partial charge is 0.357 e. The second kappa shape index (κ2) is 5.78. The maximum Gasteiger partial charge on any atom is 0.202 e. The van der Waals surface area contributed by atoms with Crippen LogP contribution in [0, 0.1) is 5.92 Å². The lowest BCUT2D eigenvalue weighted by molar-refractivity contribution is 0.206. The highest BCUT2D eigenvalue weighted by Crippen LogP contribution is 2.21. The van der Waals surface area contributed by atoms with Gasteiger partial charge in [-0.15, -0.1) is 0 Å². The van der Waals surface area contributed by atoms with Crippen LogP contribution in [-0.2, 0) is 6.42 Å². The predicted octanol–water partition coefficient (Wildman–Crippen LogP) is 2.24. The third kappa shape index (κ3) is 3.39. The molecule has 1 aromatic rings. The van der Waals surface area contributed by atoms with E-state index in [4.69, 9.17) is 0 Å². The van der Waals surface area contributed by atoms with Crippen LogP contribution < -0.4 is 5.32 Å². The van der Waals surface area contributed by atoms with Crippen molar-refractivity contribution in [3.05, 3.63) is 5.82 Å². The van der Waals surface area contributed by atoms with E-state index in [-0.39, 0.29) is 0 Å². The van der Waals surface area contributed by atoms with Crippen molar-refractivity contribution >= 4 is 16.7 Å². The van der Waals surface area contributed by atoms with Gasteiger partial charge in [-0.3, -0.25) is 0 Å². The van der Waals surface area contributed by atoms with Crippen LogP contribution in [0.3, 0.4) is 0 Å². The SMILES string of the molecule is CCCc1nsc(NC2CCN(C)CC2C)n1. The zero-order chi connectivity index (χ0) is 12.3. The molecular formula is C12H22N4S. The molecule has 0 amide bonds. The first kappa shape index (κ1) is 12.8. The van der Waals surface area contributed by atoms with Gasteiger partial charge in [0.25, 0.3) is 0 Å². The van der Waals surface area contributed by atoms with Crippen molar-refractivity contribution in [2.45, 2.75) is 39.2 Å². The number of anilines is 1. The minimum atomic E-state index is 0.550. The van der Waals surface area contributed by atoms with Gasteiger partial charge in [0.05, 0.1) is 0 Å². The van der Waals surface area contributed by atoms with Gasteiger partial charge < -0.3 is 10.2 Å². The smallest absolute Gasteiger partial charge is 0.202 e. The van der Waals surface area contributed by atoms with Gasteiger partial charge in [-0.1, -0.05) is 13.8 Å². The fraction of sp³-hybridized carbons (Fsp3) is 0.833. The maximum atomic E-state index is 4.53. The van der Waals surface area contributed by atoms with Crippen LogP contribution in [0.5, 0.6) is 0 Å². The third-order valence-corrected chi connectivity index (χ3v) is 4.04. The summed E-state index contributed by atoms with van der Waals surface area (Å²) in [6.45, 7) is 6.80. The molecule has 0 bridgehead atoms. The van der Waals surface area contributed by atoms with E-state index in [0.29, 0.717) is 12.0 Å². The number of likely N-dealkylation sites (tertiary alicyclic amines) is 1. The second-order valence-corrected chi connectivity index (χ2v) is 5.80. The molecule has 1 fully saturated rings. The normalized spacial score (nSPS) is 26.1. The molecule has 17 heavy (non-hydrogen) atoms. The number of aromatic nitrogens is 2. The molecule has 2 unspecified atom stereocenters. The molecule has 96 valence electrons. The van der Waals surface area contributed by atoms with E-state index in [2.05, 4.69) is 40.5 Å². The molecule has 2 heterocycles. The molecule has 0 spiro atoms. The van der Waals surface area contributed by atoms with Gasteiger partial charge in [-0.25, -0.2) is 4.98 Å². The fourth-order valence-electron chi connectivity index (χ4n) is 2.36. The van der Waals surface area contributed by atoms with E-state index in [1.165, 1.54) is 24.5 Å². The minimum Gasteiger partial charge on any atom is -0.357 e. The van der Waals surface area contributed by atoms with Crippen molar-refractivity contribution < 1.29 is 0 Å². The molecule has 2 atom stereocenters. The van der Waals surface area contributed by atoms with Gasteiger partial charge in [-0.2, -0.15) is 4.37 Å². The molecule has 1 aromatic heterocycles. The topological polar surface area (TPSA) is 41.1 Å². The van der Waals surface area contributed by atoms with E-state index in [1.54, 1.807) is 0 Å². The molecule has 0 saturated carbocycles. The first-order chi connectivity index (χ1) is 8.19. The lowest BCUT2D eigenvalue weighted by atomic mass is 9.94. The number of nitrogens with one attached hydrogen (secondary N) is 1. The van der Waals surface area contributed by atoms with Crippen LogP contribution >= 0.6 is 11.5 Å². The van der Waals surface area contributed by atoms with E-state index < -0.39 is 0 Å². The second-order valence-electron chi connectivity index (χ2n) is 5.04. The van der Waals surface area contributed by atoms with E-state index in [0.717, 1.165) is 30.3 Å². The summed E-state index contributed by atoms with van der Waals surface area (Å²) in [4.78, 5) is 6.92. The van der Waals surface area contributed by atoms with Crippen LogP contribution in [-0.4, -0.2) is 40.4 Å². The predicted molar refractivity (Wildman–Crippen MR) is 72.6 cm³/mol. The number of hydrogen-bond acceptors (Lipinski definition) is 5. The van der Waals surface area contributed by atoms with Gasteiger partial charge in [-0.05, 0) is 32.4 Å². The van der Waals surface area contributed by atoms with Crippen LogP contribution in [0.4, 0.5) is 5.13 Å². The molecule has 0 aliphatic carbocycles. The summed E-state index contributed by atoms with van der Waals surface area (Å²) in [5.41, 5.74) is 0.